The third-order valence-electron chi connectivity index (χ3n) is 1.16. The molecule has 0 atom stereocenters. The molecule has 1 rings (SSSR count). The Labute approximate surface area is 60.6 Å². The summed E-state index contributed by atoms with van der Waals surface area (Å²) in [7, 11) is 1.38. The summed E-state index contributed by atoms with van der Waals surface area (Å²) in [5.41, 5.74) is 4.09. The first kappa shape index (κ1) is 7.90. The molecular weight excluding hydrogens is 159 g/mol. The van der Waals surface area contributed by atoms with Crippen LogP contribution in [0, 0.1) is 0 Å². The quantitative estimate of drug-likeness (QED) is 0.623. The van der Waals surface area contributed by atoms with Crippen LogP contribution in [0.2, 0.25) is 0 Å². The second-order valence-electron chi connectivity index (χ2n) is 2.10. The van der Waals surface area contributed by atoms with Gasteiger partial charge in [0.15, 0.2) is 5.82 Å². The Morgan fingerprint density at radius 1 is 1.55 bits per heavy atom. The van der Waals surface area contributed by atoms with E-state index in [4.69, 9.17) is 5.73 Å². The highest BCUT2D eigenvalue weighted by Crippen LogP contribution is 2.32. The van der Waals surface area contributed by atoms with E-state index in [1.54, 1.807) is 0 Å². The molecule has 0 aromatic carbocycles. The summed E-state index contributed by atoms with van der Waals surface area (Å²) in [5, 5.41) is 3.35. The Balaban J connectivity index is 3.13. The molecule has 0 aliphatic rings. The molecule has 2 N–H and O–H groups in total. The van der Waals surface area contributed by atoms with Gasteiger partial charge in [-0.15, -0.1) is 0 Å². The lowest BCUT2D eigenvalue weighted by atomic mass is 10.3. The zero-order chi connectivity index (χ0) is 8.65. The van der Waals surface area contributed by atoms with Crippen molar-refractivity contribution < 1.29 is 13.2 Å². The molecule has 0 fully saturated rings. The average Bonchev–Trinajstić information content (AvgIpc) is 2.08. The molecule has 0 aliphatic carbocycles. The van der Waals surface area contributed by atoms with Crippen molar-refractivity contribution in [1.82, 2.24) is 9.78 Å². The van der Waals surface area contributed by atoms with Crippen LogP contribution >= 0.6 is 0 Å². The van der Waals surface area contributed by atoms with Crippen molar-refractivity contribution in [3.8, 4) is 0 Å². The standard InChI is InChI=1S/C5H6F3N3/c1-11-2-3(4(9)10-11)5(6,7)8/h2H,1H3,(H2,9,10). The molecule has 6 heteroatoms. The minimum atomic E-state index is -4.40. The smallest absolute Gasteiger partial charge is 0.382 e. The van der Waals surface area contributed by atoms with Gasteiger partial charge in [0.05, 0.1) is 0 Å². The highest BCUT2D eigenvalue weighted by molar-refractivity contribution is 5.39. The summed E-state index contributed by atoms with van der Waals surface area (Å²) in [4.78, 5) is 0. The minimum absolute atomic E-state index is 0.486. The maximum Gasteiger partial charge on any atom is 0.421 e. The molecule has 3 nitrogen and oxygen atoms in total. The van der Waals surface area contributed by atoms with E-state index in [-0.39, 0.29) is 0 Å². The van der Waals surface area contributed by atoms with Crippen LogP contribution in [0.25, 0.3) is 0 Å². The van der Waals surface area contributed by atoms with Gasteiger partial charge in [0, 0.05) is 13.2 Å². The van der Waals surface area contributed by atoms with Gasteiger partial charge in [0.25, 0.3) is 0 Å². The third-order valence-corrected chi connectivity index (χ3v) is 1.16. The van der Waals surface area contributed by atoms with Gasteiger partial charge in [-0.25, -0.2) is 0 Å². The van der Waals surface area contributed by atoms with E-state index < -0.39 is 17.6 Å². The van der Waals surface area contributed by atoms with Crippen molar-refractivity contribution in [3.05, 3.63) is 11.8 Å². The Morgan fingerprint density at radius 2 is 2.09 bits per heavy atom. The summed E-state index contributed by atoms with van der Waals surface area (Å²) < 4.78 is 36.8. The number of aryl methyl sites for hydroxylation is 1. The third kappa shape index (κ3) is 1.44. The number of alkyl halides is 3. The minimum Gasteiger partial charge on any atom is -0.382 e. The Morgan fingerprint density at radius 3 is 2.27 bits per heavy atom. The van der Waals surface area contributed by atoms with Crippen LogP contribution in [0.1, 0.15) is 5.56 Å². The molecule has 0 amide bonds. The monoisotopic (exact) mass is 165 g/mol. The SMILES string of the molecule is Cn1cc(C(F)(F)F)c(N)n1. The van der Waals surface area contributed by atoms with Gasteiger partial charge in [0.2, 0.25) is 0 Å². The zero-order valence-corrected chi connectivity index (χ0v) is 5.68. The summed E-state index contributed by atoms with van der Waals surface area (Å²) >= 11 is 0. The van der Waals surface area contributed by atoms with Crippen LogP contribution in [0.5, 0.6) is 0 Å². The Bertz CT molecular complexity index is 262. The molecule has 62 valence electrons. The number of rotatable bonds is 0. The average molecular weight is 165 g/mol. The van der Waals surface area contributed by atoms with Crippen molar-refractivity contribution >= 4 is 5.82 Å². The van der Waals surface area contributed by atoms with Gasteiger partial charge < -0.3 is 5.73 Å². The fourth-order valence-corrected chi connectivity index (χ4v) is 0.724. The van der Waals surface area contributed by atoms with Gasteiger partial charge in [-0.3, -0.25) is 4.68 Å². The number of hydrogen-bond donors (Lipinski definition) is 1. The highest BCUT2D eigenvalue weighted by atomic mass is 19.4. The van der Waals surface area contributed by atoms with E-state index in [1.165, 1.54) is 7.05 Å². The molecule has 0 saturated carbocycles. The molecule has 1 heterocycles. The first-order valence-corrected chi connectivity index (χ1v) is 2.77. The lowest BCUT2D eigenvalue weighted by Crippen LogP contribution is -2.06. The van der Waals surface area contributed by atoms with Crippen LogP contribution in [0.4, 0.5) is 19.0 Å². The molecule has 1 aromatic heterocycles. The molecule has 0 aliphatic heterocycles. The van der Waals surface area contributed by atoms with Crippen molar-refractivity contribution in [2.75, 3.05) is 5.73 Å². The molecule has 1 aromatic rings. The maximum absolute atomic E-state index is 11.9. The Hall–Kier alpha value is -1.20. The summed E-state index contributed by atoms with van der Waals surface area (Å²) in [6, 6.07) is 0. The van der Waals surface area contributed by atoms with E-state index in [2.05, 4.69) is 5.10 Å². The molecule has 0 radical (unpaired) electrons. The number of aromatic nitrogens is 2. The van der Waals surface area contributed by atoms with Gasteiger partial charge in [-0.1, -0.05) is 0 Å². The topological polar surface area (TPSA) is 43.8 Å². The zero-order valence-electron chi connectivity index (χ0n) is 5.68. The van der Waals surface area contributed by atoms with Crippen LogP contribution < -0.4 is 5.73 Å². The van der Waals surface area contributed by atoms with E-state index in [0.717, 1.165) is 10.9 Å². The molecule has 0 unspecified atom stereocenters. The van der Waals surface area contributed by atoms with E-state index in [9.17, 15) is 13.2 Å². The van der Waals surface area contributed by atoms with Crippen molar-refractivity contribution in [2.24, 2.45) is 7.05 Å². The van der Waals surface area contributed by atoms with Gasteiger partial charge in [-0.2, -0.15) is 18.3 Å². The van der Waals surface area contributed by atoms with E-state index in [1.807, 2.05) is 0 Å². The first-order chi connectivity index (χ1) is 4.91. The van der Waals surface area contributed by atoms with E-state index in [0.29, 0.717) is 0 Å². The second kappa shape index (κ2) is 2.14. The van der Waals surface area contributed by atoms with Crippen LogP contribution in [-0.2, 0) is 13.2 Å². The molecule has 0 bridgehead atoms. The molecule has 0 spiro atoms. The van der Waals surface area contributed by atoms with E-state index >= 15 is 0 Å². The first-order valence-electron chi connectivity index (χ1n) is 2.77. The van der Waals surface area contributed by atoms with Crippen LogP contribution in [0.3, 0.4) is 0 Å². The number of halogens is 3. The van der Waals surface area contributed by atoms with Crippen LogP contribution in [0.15, 0.2) is 6.20 Å². The van der Waals surface area contributed by atoms with Gasteiger partial charge in [0.1, 0.15) is 5.56 Å². The molecule has 11 heavy (non-hydrogen) atoms. The van der Waals surface area contributed by atoms with Gasteiger partial charge in [-0.05, 0) is 0 Å². The highest BCUT2D eigenvalue weighted by Gasteiger charge is 2.34. The number of nitrogens with zero attached hydrogens (tertiary/aromatic N) is 2. The summed E-state index contributed by atoms with van der Waals surface area (Å²) in [5.74, 6) is -0.486. The lowest BCUT2D eigenvalue weighted by molar-refractivity contribution is -0.137. The van der Waals surface area contributed by atoms with Crippen molar-refractivity contribution in [2.45, 2.75) is 6.18 Å². The lowest BCUT2D eigenvalue weighted by Gasteiger charge is -2.01. The fraction of sp³-hybridized carbons (Fsp3) is 0.400. The summed E-state index contributed by atoms with van der Waals surface area (Å²) in [6.07, 6.45) is -3.56. The van der Waals surface area contributed by atoms with Gasteiger partial charge >= 0.3 is 6.18 Å². The number of nitrogen functional groups attached to an aromatic ring is 1. The predicted molar refractivity (Wildman–Crippen MR) is 32.6 cm³/mol. The molecule has 0 saturated heterocycles. The van der Waals surface area contributed by atoms with Crippen molar-refractivity contribution in [3.63, 3.8) is 0 Å². The summed E-state index contributed by atoms with van der Waals surface area (Å²) in [6.45, 7) is 0. The van der Waals surface area contributed by atoms with Crippen LogP contribution in [-0.4, -0.2) is 9.78 Å². The Kier molecular flexibility index (Phi) is 1.54. The number of nitrogens with two attached hydrogens (primary N) is 1. The number of anilines is 1. The maximum atomic E-state index is 11.9. The number of hydrogen-bond acceptors (Lipinski definition) is 2. The second-order valence-corrected chi connectivity index (χ2v) is 2.10. The molecular formula is C5H6F3N3. The van der Waals surface area contributed by atoms with Crippen molar-refractivity contribution in [1.29, 1.82) is 0 Å². The predicted octanol–water partition coefficient (Wildman–Crippen LogP) is 1.02. The fourth-order valence-electron chi connectivity index (χ4n) is 0.724. The largest absolute Gasteiger partial charge is 0.421 e. The normalized spacial score (nSPS) is 12.0.